The second kappa shape index (κ2) is 7.68. The number of piperidine rings is 1. The molecule has 4 amide bonds. The van der Waals surface area contributed by atoms with Crippen LogP contribution in [0.25, 0.3) is 0 Å². The minimum atomic E-state index is -3.52. The molecule has 1 atom stereocenters. The summed E-state index contributed by atoms with van der Waals surface area (Å²) in [4.78, 5) is 49.9. The maximum atomic E-state index is 12.9. The molecule has 2 aliphatic rings. The summed E-state index contributed by atoms with van der Waals surface area (Å²) in [6, 6.07) is 3.70. The molecule has 0 aromatic heterocycles. The molecule has 2 aliphatic heterocycles. The molecule has 3 rings (SSSR count). The molecule has 2 N–H and O–H groups in total. The van der Waals surface area contributed by atoms with Gasteiger partial charge in [0.05, 0.1) is 24.0 Å². The molecule has 11 heteroatoms. The third-order valence-electron chi connectivity index (χ3n) is 4.40. The van der Waals surface area contributed by atoms with Gasteiger partial charge in [0.2, 0.25) is 11.8 Å². The summed E-state index contributed by atoms with van der Waals surface area (Å²) in [5, 5.41) is 5.14. The molecule has 0 saturated carbocycles. The van der Waals surface area contributed by atoms with Crippen LogP contribution in [0.2, 0.25) is 0 Å². The fourth-order valence-electron chi connectivity index (χ4n) is 3.17. The van der Waals surface area contributed by atoms with Crippen LogP contribution in [0.1, 0.15) is 40.0 Å². The van der Waals surface area contributed by atoms with Gasteiger partial charge in [0.15, 0.2) is 0 Å². The topological polar surface area (TPSA) is 139 Å². The van der Waals surface area contributed by atoms with E-state index in [4.69, 9.17) is 0 Å². The lowest BCUT2D eigenvalue weighted by Gasteiger charge is -2.27. The second-order valence-corrected chi connectivity index (χ2v) is 8.13. The smallest absolute Gasteiger partial charge is 0.264 e. The number of benzene rings is 1. The molecule has 10 nitrogen and oxygen atoms in total. The molecule has 1 aromatic rings. The van der Waals surface area contributed by atoms with Gasteiger partial charge >= 0.3 is 0 Å². The van der Waals surface area contributed by atoms with Crippen LogP contribution in [0.3, 0.4) is 0 Å². The van der Waals surface area contributed by atoms with E-state index in [1.54, 1.807) is 12.1 Å². The number of nitrogens with zero attached hydrogens (tertiary/aromatic N) is 1. The normalized spacial score (nSPS) is 19.6. The second-order valence-electron chi connectivity index (χ2n) is 6.48. The van der Waals surface area contributed by atoms with Crippen molar-refractivity contribution < 1.29 is 31.8 Å². The van der Waals surface area contributed by atoms with E-state index in [1.807, 2.05) is 0 Å². The molecule has 0 spiro atoms. The number of hydrogen-bond donors (Lipinski definition) is 2. The minimum absolute atomic E-state index is 0.0177. The minimum Gasteiger partial charge on any atom is -0.384 e. The Balaban J connectivity index is 1.73. The Morgan fingerprint density at radius 2 is 1.96 bits per heavy atom. The van der Waals surface area contributed by atoms with Gasteiger partial charge in [-0.3, -0.25) is 33.6 Å². The van der Waals surface area contributed by atoms with Crippen LogP contribution in [0.4, 0.5) is 5.69 Å². The van der Waals surface area contributed by atoms with Crippen LogP contribution in [-0.2, 0) is 23.9 Å². The van der Waals surface area contributed by atoms with Crippen LogP contribution < -0.4 is 10.6 Å². The van der Waals surface area contributed by atoms with Gasteiger partial charge in [-0.2, -0.15) is 8.42 Å². The van der Waals surface area contributed by atoms with E-state index < -0.39 is 39.8 Å². The highest BCUT2D eigenvalue weighted by atomic mass is 32.2. The number of nitrogens with one attached hydrogen (secondary N) is 2. The van der Waals surface area contributed by atoms with E-state index in [0.717, 1.165) is 11.2 Å². The van der Waals surface area contributed by atoms with Crippen molar-refractivity contribution in [2.75, 3.05) is 24.7 Å². The van der Waals surface area contributed by atoms with Crippen LogP contribution in [0.5, 0.6) is 0 Å². The summed E-state index contributed by atoms with van der Waals surface area (Å²) in [6.07, 6.45) is 1.45. The summed E-state index contributed by atoms with van der Waals surface area (Å²) >= 11 is 0. The van der Waals surface area contributed by atoms with Gasteiger partial charge in [0, 0.05) is 18.7 Å². The van der Waals surface area contributed by atoms with Gasteiger partial charge in [-0.15, -0.1) is 0 Å². The van der Waals surface area contributed by atoms with E-state index in [0.29, 0.717) is 18.7 Å². The first-order valence-corrected chi connectivity index (χ1v) is 10.4. The molecule has 1 unspecified atom stereocenters. The average Bonchev–Trinajstić information content (AvgIpc) is 2.86. The zero-order chi connectivity index (χ0) is 20.5. The highest BCUT2D eigenvalue weighted by Gasteiger charge is 2.45. The Morgan fingerprint density at radius 1 is 1.21 bits per heavy atom. The van der Waals surface area contributed by atoms with Crippen molar-refractivity contribution in [3.8, 4) is 0 Å². The summed E-state index contributed by atoms with van der Waals surface area (Å²) in [6.45, 7) is 0.294. The maximum absolute atomic E-state index is 12.9. The van der Waals surface area contributed by atoms with Crippen molar-refractivity contribution in [2.24, 2.45) is 0 Å². The molecule has 28 heavy (non-hydrogen) atoms. The van der Waals surface area contributed by atoms with Gasteiger partial charge in [-0.1, -0.05) is 6.07 Å². The molecule has 0 aliphatic carbocycles. The van der Waals surface area contributed by atoms with Crippen molar-refractivity contribution in [1.29, 1.82) is 0 Å². The maximum Gasteiger partial charge on any atom is 0.264 e. The van der Waals surface area contributed by atoms with Crippen LogP contribution in [0, 0.1) is 0 Å². The largest absolute Gasteiger partial charge is 0.384 e. The van der Waals surface area contributed by atoms with E-state index in [1.165, 1.54) is 6.07 Å². The number of carbonyl (C=O) groups excluding carboxylic acids is 4. The standard InChI is InChI=1S/C17H19N3O7S/c1-28(25,26)27-9-3-8-18-11-5-2-4-10-14(11)17(24)20(16(10)23)12-6-7-13(21)19-15(12)22/h2,4-5,12,18H,3,6-9H2,1H3,(H,19,21,22). The summed E-state index contributed by atoms with van der Waals surface area (Å²) in [7, 11) is -3.52. The lowest BCUT2D eigenvalue weighted by Crippen LogP contribution is -2.54. The molecule has 2 heterocycles. The fraction of sp³-hybridized carbons (Fsp3) is 0.412. The third kappa shape index (κ3) is 4.04. The number of carbonyl (C=O) groups is 4. The lowest BCUT2D eigenvalue weighted by atomic mass is 10.0. The molecular formula is C17H19N3O7S. The first kappa shape index (κ1) is 20.0. The van der Waals surface area contributed by atoms with Crippen molar-refractivity contribution in [3.05, 3.63) is 29.3 Å². The first-order chi connectivity index (χ1) is 13.2. The number of rotatable bonds is 7. The Labute approximate surface area is 161 Å². The van der Waals surface area contributed by atoms with Crippen molar-refractivity contribution >= 4 is 39.4 Å². The van der Waals surface area contributed by atoms with Gasteiger partial charge in [0.1, 0.15) is 6.04 Å². The van der Waals surface area contributed by atoms with Crippen molar-refractivity contribution in [2.45, 2.75) is 25.3 Å². The van der Waals surface area contributed by atoms with Crippen LogP contribution in [0.15, 0.2) is 18.2 Å². The zero-order valence-electron chi connectivity index (χ0n) is 15.1. The van der Waals surface area contributed by atoms with Gasteiger partial charge < -0.3 is 5.32 Å². The van der Waals surface area contributed by atoms with E-state index in [-0.39, 0.29) is 30.6 Å². The number of imide groups is 2. The predicted molar refractivity (Wildman–Crippen MR) is 97.0 cm³/mol. The van der Waals surface area contributed by atoms with Crippen LogP contribution in [-0.4, -0.2) is 62.4 Å². The van der Waals surface area contributed by atoms with E-state index in [9.17, 15) is 27.6 Å². The molecule has 1 saturated heterocycles. The predicted octanol–water partition coefficient (Wildman–Crippen LogP) is -0.134. The highest BCUT2D eigenvalue weighted by Crippen LogP contribution is 2.32. The van der Waals surface area contributed by atoms with Gasteiger partial charge in [0.25, 0.3) is 21.9 Å². The summed E-state index contributed by atoms with van der Waals surface area (Å²) < 4.78 is 26.5. The first-order valence-electron chi connectivity index (χ1n) is 8.62. The number of fused-ring (bicyclic) bond motifs is 1. The van der Waals surface area contributed by atoms with E-state index in [2.05, 4.69) is 14.8 Å². The Kier molecular flexibility index (Phi) is 5.47. The monoisotopic (exact) mass is 409 g/mol. The van der Waals surface area contributed by atoms with E-state index >= 15 is 0 Å². The average molecular weight is 409 g/mol. The highest BCUT2D eigenvalue weighted by molar-refractivity contribution is 7.85. The summed E-state index contributed by atoms with van der Waals surface area (Å²) in [5.74, 6) is -2.29. The Morgan fingerprint density at radius 3 is 2.64 bits per heavy atom. The number of amides is 4. The number of hydrogen-bond acceptors (Lipinski definition) is 8. The Bertz CT molecular complexity index is 957. The molecule has 0 bridgehead atoms. The lowest BCUT2D eigenvalue weighted by molar-refractivity contribution is -0.136. The molecule has 1 fully saturated rings. The molecular weight excluding hydrogens is 390 g/mol. The quantitative estimate of drug-likeness (QED) is 0.361. The summed E-state index contributed by atoms with van der Waals surface area (Å²) in [5.41, 5.74) is 0.735. The zero-order valence-corrected chi connectivity index (χ0v) is 15.9. The molecule has 1 aromatic carbocycles. The fourth-order valence-corrected chi connectivity index (χ4v) is 3.59. The molecule has 0 radical (unpaired) electrons. The third-order valence-corrected chi connectivity index (χ3v) is 5.00. The Hall–Kier alpha value is -2.79. The SMILES string of the molecule is CS(=O)(=O)OCCCNc1cccc2c1C(=O)N(C1CCC(=O)NC1=O)C2=O. The van der Waals surface area contributed by atoms with Gasteiger partial charge in [-0.25, -0.2) is 0 Å². The van der Waals surface area contributed by atoms with Crippen molar-refractivity contribution in [1.82, 2.24) is 10.2 Å². The number of anilines is 1. The van der Waals surface area contributed by atoms with Gasteiger partial charge in [-0.05, 0) is 25.0 Å². The van der Waals surface area contributed by atoms with Crippen molar-refractivity contribution in [3.63, 3.8) is 0 Å². The molecule has 150 valence electrons. The van der Waals surface area contributed by atoms with Crippen LogP contribution >= 0.6 is 0 Å².